The van der Waals surface area contributed by atoms with Crippen molar-refractivity contribution in [2.75, 3.05) is 65.9 Å². The Morgan fingerprint density at radius 2 is 1.51 bits per heavy atom. The number of rotatable bonds is 11. The number of aromatic hydroxyl groups is 1. The SMILES string of the molecule is COCCOCCNc1cc(OC)c2c3c(OC)cc(O)c4c(=O)c(OC)c5c(c6c(c(N)c(=O)c1c26)C=C(C)C5C(C)=O)c43. The number of ether oxygens (including phenoxy) is 5. The number of nitrogen functional groups attached to an aromatic ring is 1. The number of nitrogens with two attached hydrogens (primary N) is 1. The summed E-state index contributed by atoms with van der Waals surface area (Å²) in [6.07, 6.45) is 1.73. The van der Waals surface area contributed by atoms with Crippen molar-refractivity contribution in [3.63, 3.8) is 0 Å². The first-order valence-electron chi connectivity index (χ1n) is 14.4. The van der Waals surface area contributed by atoms with Gasteiger partial charge in [-0.05, 0) is 19.2 Å². The molecule has 0 heterocycles. The van der Waals surface area contributed by atoms with Gasteiger partial charge in [0.25, 0.3) is 0 Å². The van der Waals surface area contributed by atoms with Crippen LogP contribution in [0.1, 0.15) is 30.9 Å². The molecule has 0 aliphatic heterocycles. The average molecular weight is 615 g/mol. The molecule has 0 fully saturated rings. The zero-order valence-electron chi connectivity index (χ0n) is 25.9. The number of fused-ring (bicyclic) bond motifs is 1. The van der Waals surface area contributed by atoms with Crippen LogP contribution in [-0.2, 0) is 14.3 Å². The van der Waals surface area contributed by atoms with Crippen LogP contribution in [0.3, 0.4) is 0 Å². The van der Waals surface area contributed by atoms with Crippen molar-refractivity contribution < 1.29 is 33.6 Å². The fourth-order valence-electron chi connectivity index (χ4n) is 6.95. The summed E-state index contributed by atoms with van der Waals surface area (Å²) in [7, 11) is 5.92. The number of phenols is 1. The lowest BCUT2D eigenvalue weighted by molar-refractivity contribution is -0.117. The summed E-state index contributed by atoms with van der Waals surface area (Å²) < 4.78 is 28.1. The molecule has 0 bridgehead atoms. The van der Waals surface area contributed by atoms with E-state index in [-0.39, 0.29) is 34.1 Å². The van der Waals surface area contributed by atoms with E-state index in [9.17, 15) is 19.5 Å². The maximum absolute atomic E-state index is 14.2. The molecule has 0 saturated heterocycles. The van der Waals surface area contributed by atoms with Gasteiger partial charge in [0.2, 0.25) is 10.9 Å². The van der Waals surface area contributed by atoms with E-state index >= 15 is 0 Å². The van der Waals surface area contributed by atoms with E-state index < -0.39 is 16.8 Å². The van der Waals surface area contributed by atoms with Crippen LogP contribution in [0.25, 0.3) is 49.2 Å². The molecule has 11 nitrogen and oxygen atoms in total. The lowest BCUT2D eigenvalue weighted by atomic mass is 9.80. The standard InChI is InChI=1S/C34H34N2O9/c1-14-11-16-22-27-23(32(39)31(16)35)17(36-7-8-45-10-9-41-3)12-19(42-4)25(27)26-20(43-5)13-18(38)24-29(26)28(22)30(21(14)15(2)37)34(44-6)33(24)40/h11-13,21,36,38H,7-10,35H2,1-6H3. The number of hydrogen-bond donors (Lipinski definition) is 3. The van der Waals surface area contributed by atoms with Gasteiger partial charge in [-0.3, -0.25) is 14.4 Å². The van der Waals surface area contributed by atoms with Crippen molar-refractivity contribution >= 4 is 66.3 Å². The summed E-state index contributed by atoms with van der Waals surface area (Å²) in [4.78, 5) is 41.7. The number of anilines is 2. The monoisotopic (exact) mass is 614 g/mol. The van der Waals surface area contributed by atoms with E-state index in [1.165, 1.54) is 34.3 Å². The van der Waals surface area contributed by atoms with E-state index in [0.717, 1.165) is 0 Å². The predicted molar refractivity (Wildman–Crippen MR) is 175 cm³/mol. The number of benzene rings is 5. The molecule has 0 amide bonds. The Labute approximate surface area is 257 Å². The molecule has 5 aromatic carbocycles. The molecular weight excluding hydrogens is 580 g/mol. The van der Waals surface area contributed by atoms with Gasteiger partial charge in [-0.15, -0.1) is 0 Å². The Kier molecular flexibility index (Phi) is 7.54. The highest BCUT2D eigenvalue weighted by Crippen LogP contribution is 2.55. The molecule has 234 valence electrons. The van der Waals surface area contributed by atoms with Crippen LogP contribution < -0.4 is 36.1 Å². The van der Waals surface area contributed by atoms with Crippen LogP contribution in [0.4, 0.5) is 11.4 Å². The van der Waals surface area contributed by atoms with Crippen LogP contribution in [0.2, 0.25) is 0 Å². The molecule has 4 N–H and O–H groups in total. The normalized spacial score (nSPS) is 14.4. The molecule has 11 heteroatoms. The number of phenolic OH excluding ortho intramolecular Hbond substituents is 1. The van der Waals surface area contributed by atoms with Gasteiger partial charge in [0.15, 0.2) is 5.75 Å². The van der Waals surface area contributed by atoms with Crippen molar-refractivity contribution in [1.82, 2.24) is 0 Å². The van der Waals surface area contributed by atoms with Crippen LogP contribution in [0.5, 0.6) is 23.0 Å². The number of nitrogens with one attached hydrogen (secondary N) is 1. The molecule has 1 atom stereocenters. The van der Waals surface area contributed by atoms with E-state index in [1.54, 1.807) is 26.2 Å². The lowest BCUT2D eigenvalue weighted by Gasteiger charge is -2.25. The van der Waals surface area contributed by atoms with Gasteiger partial charge >= 0.3 is 0 Å². The maximum Gasteiger partial charge on any atom is 0.232 e. The first-order chi connectivity index (χ1) is 21.6. The third-order valence-corrected chi connectivity index (χ3v) is 8.70. The number of carbonyl (C=O) groups is 1. The van der Waals surface area contributed by atoms with Gasteiger partial charge in [-0.25, -0.2) is 0 Å². The molecule has 0 radical (unpaired) electrons. The second-order valence-corrected chi connectivity index (χ2v) is 11.1. The van der Waals surface area contributed by atoms with Crippen LogP contribution >= 0.6 is 0 Å². The third-order valence-electron chi connectivity index (χ3n) is 8.70. The van der Waals surface area contributed by atoms with Crippen LogP contribution in [0, 0.1) is 0 Å². The lowest BCUT2D eigenvalue weighted by Crippen LogP contribution is -2.18. The zero-order chi connectivity index (χ0) is 32.3. The summed E-state index contributed by atoms with van der Waals surface area (Å²) in [5, 5.41) is 17.7. The first-order valence-corrected chi connectivity index (χ1v) is 14.4. The highest BCUT2D eigenvalue weighted by Gasteiger charge is 2.36. The Hall–Kier alpha value is -4.87. The molecule has 1 aliphatic rings. The molecule has 1 unspecified atom stereocenters. The predicted octanol–water partition coefficient (Wildman–Crippen LogP) is 4.37. The van der Waals surface area contributed by atoms with Crippen molar-refractivity contribution in [3.05, 3.63) is 49.3 Å². The molecule has 0 aromatic heterocycles. The molecular formula is C34H34N2O9. The first kappa shape index (κ1) is 30.2. The van der Waals surface area contributed by atoms with Gasteiger partial charge in [-0.1, -0.05) is 11.6 Å². The van der Waals surface area contributed by atoms with Crippen LogP contribution in [0.15, 0.2) is 27.3 Å². The number of hydrogen-bond acceptors (Lipinski definition) is 11. The van der Waals surface area contributed by atoms with Gasteiger partial charge in [0.05, 0.1) is 63.5 Å². The molecule has 45 heavy (non-hydrogen) atoms. The van der Waals surface area contributed by atoms with Gasteiger partial charge in [0, 0.05) is 69.5 Å². The van der Waals surface area contributed by atoms with Crippen LogP contribution in [-0.4, -0.2) is 65.7 Å². The number of methoxy groups -OCH3 is 4. The van der Waals surface area contributed by atoms with Crippen molar-refractivity contribution in [3.8, 4) is 23.0 Å². The van der Waals surface area contributed by atoms with E-state index in [1.807, 2.05) is 0 Å². The molecule has 0 saturated carbocycles. The smallest absolute Gasteiger partial charge is 0.232 e. The Balaban J connectivity index is 1.92. The minimum atomic E-state index is -0.890. The fourth-order valence-corrected chi connectivity index (χ4v) is 6.95. The van der Waals surface area contributed by atoms with E-state index in [2.05, 4.69) is 5.32 Å². The second kappa shape index (κ2) is 11.2. The molecule has 1 aliphatic carbocycles. The highest BCUT2D eigenvalue weighted by atomic mass is 16.5. The minimum absolute atomic E-state index is 0.00441. The fraction of sp³-hybridized carbons (Fsp3) is 0.324. The Morgan fingerprint density at radius 3 is 2.13 bits per heavy atom. The van der Waals surface area contributed by atoms with Crippen molar-refractivity contribution in [2.24, 2.45) is 0 Å². The molecule has 6 rings (SSSR count). The highest BCUT2D eigenvalue weighted by molar-refractivity contribution is 6.40. The Bertz CT molecular complexity index is 2170. The topological polar surface area (TPSA) is 156 Å². The summed E-state index contributed by atoms with van der Waals surface area (Å²) in [5.41, 5.74) is 7.47. The summed E-state index contributed by atoms with van der Waals surface area (Å²) in [6, 6.07) is 3.07. The third kappa shape index (κ3) is 4.22. The zero-order valence-corrected chi connectivity index (χ0v) is 25.9. The molecule has 0 spiro atoms. The number of ketones is 1. The molecule has 5 aromatic rings. The van der Waals surface area contributed by atoms with Gasteiger partial charge in [0.1, 0.15) is 23.0 Å². The summed E-state index contributed by atoms with van der Waals surface area (Å²) in [5.74, 6) is -0.859. The number of carbonyl (C=O) groups excluding carboxylic acids is 1. The second-order valence-electron chi connectivity index (χ2n) is 11.1. The maximum atomic E-state index is 14.2. The van der Waals surface area contributed by atoms with Gasteiger partial charge < -0.3 is 39.8 Å². The summed E-state index contributed by atoms with van der Waals surface area (Å²) >= 11 is 0. The van der Waals surface area contributed by atoms with Gasteiger partial charge in [-0.2, -0.15) is 0 Å². The summed E-state index contributed by atoms with van der Waals surface area (Å²) in [6.45, 7) is 4.78. The largest absolute Gasteiger partial charge is 0.507 e. The quantitative estimate of drug-likeness (QED) is 0.0840. The van der Waals surface area contributed by atoms with Crippen molar-refractivity contribution in [1.29, 1.82) is 0 Å². The van der Waals surface area contributed by atoms with E-state index in [4.69, 9.17) is 29.4 Å². The number of allylic oxidation sites excluding steroid dienone is 1. The number of Topliss-reactive ketones (excluding diaryl/α,β-unsaturated/α-hetero) is 1. The Morgan fingerprint density at radius 1 is 0.844 bits per heavy atom. The average Bonchev–Trinajstić information content (AvgIpc) is 3.15. The van der Waals surface area contributed by atoms with E-state index in [0.29, 0.717) is 92.2 Å². The van der Waals surface area contributed by atoms with Crippen molar-refractivity contribution in [2.45, 2.75) is 19.8 Å². The minimum Gasteiger partial charge on any atom is -0.507 e.